The number of rotatable bonds is 2. The monoisotopic (exact) mass is 265 g/mol. The molecule has 2 saturated heterocycles. The van der Waals surface area contributed by atoms with Crippen molar-refractivity contribution >= 4 is 5.91 Å². The van der Waals surface area contributed by atoms with Gasteiger partial charge in [-0.2, -0.15) is 0 Å². The Kier molecular flexibility index (Phi) is 3.02. The Morgan fingerprint density at radius 2 is 2.16 bits per heavy atom. The lowest BCUT2D eigenvalue weighted by atomic mass is 9.97. The summed E-state index contributed by atoms with van der Waals surface area (Å²) in [6.07, 6.45) is 3.75. The van der Waals surface area contributed by atoms with Crippen LogP contribution in [0.1, 0.15) is 36.3 Å². The second-order valence-corrected chi connectivity index (χ2v) is 5.72. The van der Waals surface area contributed by atoms with E-state index >= 15 is 0 Å². The van der Waals surface area contributed by atoms with Crippen LogP contribution in [0.25, 0.3) is 0 Å². The van der Waals surface area contributed by atoms with Gasteiger partial charge >= 0.3 is 0 Å². The molecule has 7 nitrogen and oxygen atoms in total. The molecular formula is C12H19N5O2. The number of nitrogens with zero attached hydrogens (tertiary/aromatic N) is 4. The number of nitrogens with one attached hydrogen (secondary N) is 1. The van der Waals surface area contributed by atoms with E-state index in [1.54, 1.807) is 22.7 Å². The normalized spacial score (nSPS) is 23.2. The first kappa shape index (κ1) is 12.6. The number of carbonyl (C=O) groups excluding carboxylic acids is 1. The van der Waals surface area contributed by atoms with Crippen LogP contribution in [0.2, 0.25) is 0 Å². The molecule has 1 amide bonds. The van der Waals surface area contributed by atoms with Crippen molar-refractivity contribution in [3.8, 4) is 0 Å². The Morgan fingerprint density at radius 1 is 1.47 bits per heavy atom. The summed E-state index contributed by atoms with van der Waals surface area (Å²) in [6, 6.07) is 0.329. The van der Waals surface area contributed by atoms with Gasteiger partial charge in [-0.25, -0.2) is 4.68 Å². The molecule has 0 aliphatic carbocycles. The van der Waals surface area contributed by atoms with Crippen molar-refractivity contribution in [3.63, 3.8) is 0 Å². The summed E-state index contributed by atoms with van der Waals surface area (Å²) >= 11 is 0. The second kappa shape index (κ2) is 4.57. The van der Waals surface area contributed by atoms with E-state index < -0.39 is 5.60 Å². The van der Waals surface area contributed by atoms with Gasteiger partial charge in [0.1, 0.15) is 0 Å². The Morgan fingerprint density at radius 3 is 2.79 bits per heavy atom. The quantitative estimate of drug-likeness (QED) is 0.747. The van der Waals surface area contributed by atoms with Gasteiger partial charge in [0.15, 0.2) is 5.69 Å². The molecule has 0 bridgehead atoms. The van der Waals surface area contributed by atoms with Gasteiger partial charge in [-0.3, -0.25) is 4.79 Å². The zero-order valence-electron chi connectivity index (χ0n) is 11.0. The third-order valence-electron chi connectivity index (χ3n) is 3.76. The van der Waals surface area contributed by atoms with Gasteiger partial charge < -0.3 is 15.3 Å². The number of amides is 1. The van der Waals surface area contributed by atoms with Crippen molar-refractivity contribution < 1.29 is 9.90 Å². The van der Waals surface area contributed by atoms with Gasteiger partial charge in [0.05, 0.1) is 30.9 Å². The fourth-order valence-corrected chi connectivity index (χ4v) is 2.71. The molecular weight excluding hydrogens is 246 g/mol. The summed E-state index contributed by atoms with van der Waals surface area (Å²) in [5, 5.41) is 21.0. The predicted octanol–water partition coefficient (Wildman–Crippen LogP) is -0.591. The largest absolute Gasteiger partial charge is 0.386 e. The van der Waals surface area contributed by atoms with Crippen LogP contribution < -0.4 is 5.32 Å². The van der Waals surface area contributed by atoms with Crippen LogP contribution in [0, 0.1) is 0 Å². The molecule has 0 radical (unpaired) electrons. The number of β-amino-alcohol motifs (C(OH)–C–C–N with tert-alkyl or cyclic N) is 1. The molecule has 2 N–H and O–H groups in total. The fourth-order valence-electron chi connectivity index (χ4n) is 2.71. The molecule has 0 unspecified atom stereocenters. The predicted molar refractivity (Wildman–Crippen MR) is 67.7 cm³/mol. The van der Waals surface area contributed by atoms with E-state index in [4.69, 9.17) is 0 Å². The fraction of sp³-hybridized carbons (Fsp3) is 0.750. The average Bonchev–Trinajstić information content (AvgIpc) is 2.85. The topological polar surface area (TPSA) is 83.3 Å². The van der Waals surface area contributed by atoms with Crippen molar-refractivity contribution in [1.82, 2.24) is 25.2 Å². The lowest BCUT2D eigenvalue weighted by Gasteiger charge is -2.43. The minimum Gasteiger partial charge on any atom is -0.386 e. The maximum absolute atomic E-state index is 12.1. The molecule has 1 aromatic heterocycles. The summed E-state index contributed by atoms with van der Waals surface area (Å²) < 4.78 is 1.80. The van der Waals surface area contributed by atoms with Gasteiger partial charge in [0.2, 0.25) is 0 Å². The van der Waals surface area contributed by atoms with Gasteiger partial charge in [0, 0.05) is 0 Å². The first-order valence-corrected chi connectivity index (χ1v) is 6.69. The van der Waals surface area contributed by atoms with Crippen molar-refractivity contribution in [2.24, 2.45) is 0 Å². The number of aliphatic hydroxyl groups is 1. The minimum absolute atomic E-state index is 0.147. The minimum atomic E-state index is -0.749. The molecule has 7 heteroatoms. The second-order valence-electron chi connectivity index (χ2n) is 5.72. The number of aromatic nitrogens is 3. The Bertz CT molecular complexity index is 470. The summed E-state index contributed by atoms with van der Waals surface area (Å²) in [5.41, 5.74) is -0.380. The lowest BCUT2D eigenvalue weighted by Crippen LogP contribution is -2.61. The van der Waals surface area contributed by atoms with Gasteiger partial charge in [-0.15, -0.1) is 5.10 Å². The number of hydrogen-bond donors (Lipinski definition) is 2. The molecule has 0 atom stereocenters. The van der Waals surface area contributed by atoms with E-state index in [0.717, 1.165) is 25.9 Å². The van der Waals surface area contributed by atoms with Crippen LogP contribution in [-0.2, 0) is 0 Å². The third kappa shape index (κ3) is 2.48. The molecule has 3 heterocycles. The molecule has 2 fully saturated rings. The number of likely N-dealkylation sites (tertiary alicyclic amines) is 1. The van der Waals surface area contributed by atoms with Crippen LogP contribution in [0.4, 0.5) is 0 Å². The van der Waals surface area contributed by atoms with Crippen molar-refractivity contribution in [1.29, 1.82) is 0 Å². The van der Waals surface area contributed by atoms with E-state index in [1.165, 1.54) is 0 Å². The molecule has 1 aromatic rings. The standard InChI is InChI=1S/C12H19N5O2/c1-12(19)7-16(8-12)11(18)10-6-17(15-14-10)9-2-4-13-5-3-9/h6,9,13,19H,2-5,7-8H2,1H3. The Labute approximate surface area is 111 Å². The van der Waals surface area contributed by atoms with Crippen LogP contribution >= 0.6 is 0 Å². The summed E-state index contributed by atoms with van der Waals surface area (Å²) in [6.45, 7) is 4.41. The smallest absolute Gasteiger partial charge is 0.276 e. The Hall–Kier alpha value is -1.47. The summed E-state index contributed by atoms with van der Waals surface area (Å²) in [7, 11) is 0. The molecule has 0 aromatic carbocycles. The first-order valence-electron chi connectivity index (χ1n) is 6.69. The van der Waals surface area contributed by atoms with E-state index in [1.807, 2.05) is 0 Å². The molecule has 3 rings (SSSR count). The van der Waals surface area contributed by atoms with Gasteiger partial charge in [-0.05, 0) is 32.9 Å². The molecule has 0 spiro atoms. The highest BCUT2D eigenvalue weighted by Crippen LogP contribution is 2.22. The van der Waals surface area contributed by atoms with E-state index in [2.05, 4.69) is 15.6 Å². The Balaban J connectivity index is 1.66. The zero-order valence-corrected chi connectivity index (χ0v) is 11.0. The highest BCUT2D eigenvalue weighted by molar-refractivity contribution is 5.92. The molecule has 0 saturated carbocycles. The number of hydrogen-bond acceptors (Lipinski definition) is 5. The van der Waals surface area contributed by atoms with Crippen LogP contribution in [0.5, 0.6) is 0 Å². The zero-order chi connectivity index (χ0) is 13.5. The average molecular weight is 265 g/mol. The van der Waals surface area contributed by atoms with E-state index in [-0.39, 0.29) is 5.91 Å². The number of carbonyl (C=O) groups is 1. The maximum Gasteiger partial charge on any atom is 0.276 e. The molecule has 2 aliphatic rings. The first-order chi connectivity index (χ1) is 9.05. The molecule has 104 valence electrons. The SMILES string of the molecule is CC1(O)CN(C(=O)c2cn(C3CCNCC3)nn2)C1. The summed E-state index contributed by atoms with van der Waals surface area (Å²) in [4.78, 5) is 13.7. The van der Waals surface area contributed by atoms with Crippen molar-refractivity contribution in [2.45, 2.75) is 31.4 Å². The van der Waals surface area contributed by atoms with Crippen LogP contribution in [0.15, 0.2) is 6.20 Å². The third-order valence-corrected chi connectivity index (χ3v) is 3.76. The number of piperidine rings is 1. The van der Waals surface area contributed by atoms with Crippen molar-refractivity contribution in [2.75, 3.05) is 26.2 Å². The lowest BCUT2D eigenvalue weighted by molar-refractivity contribution is -0.0670. The molecule has 2 aliphatic heterocycles. The maximum atomic E-state index is 12.1. The summed E-state index contributed by atoms with van der Waals surface area (Å²) in [5.74, 6) is -0.147. The van der Waals surface area contributed by atoms with Crippen LogP contribution in [-0.4, -0.2) is 62.7 Å². The highest BCUT2D eigenvalue weighted by Gasteiger charge is 2.40. The highest BCUT2D eigenvalue weighted by atomic mass is 16.3. The van der Waals surface area contributed by atoms with Gasteiger partial charge in [0.25, 0.3) is 5.91 Å². The van der Waals surface area contributed by atoms with E-state index in [9.17, 15) is 9.90 Å². The van der Waals surface area contributed by atoms with Crippen molar-refractivity contribution in [3.05, 3.63) is 11.9 Å². The van der Waals surface area contributed by atoms with E-state index in [0.29, 0.717) is 24.8 Å². The van der Waals surface area contributed by atoms with Gasteiger partial charge in [-0.1, -0.05) is 5.21 Å². The van der Waals surface area contributed by atoms with Crippen LogP contribution in [0.3, 0.4) is 0 Å². The molecule has 19 heavy (non-hydrogen) atoms.